The Kier molecular flexibility index (Phi) is 3.84. The number of hydrogen-bond donors (Lipinski definition) is 2. The molecule has 2 rings (SSSR count). The van der Waals surface area contributed by atoms with Gasteiger partial charge in [-0.1, -0.05) is 27.2 Å². The highest BCUT2D eigenvalue weighted by Crippen LogP contribution is 2.63. The number of rotatable bonds is 2. The van der Waals surface area contributed by atoms with Crippen molar-refractivity contribution in [3.05, 3.63) is 0 Å². The lowest BCUT2D eigenvalue weighted by molar-refractivity contribution is -0.183. The van der Waals surface area contributed by atoms with Crippen molar-refractivity contribution in [1.29, 1.82) is 0 Å². The fourth-order valence-corrected chi connectivity index (χ4v) is 5.58. The molecule has 20 heavy (non-hydrogen) atoms. The fourth-order valence-electron chi connectivity index (χ4n) is 5.58. The van der Waals surface area contributed by atoms with Gasteiger partial charge in [0.1, 0.15) is 0 Å². The molecule has 0 spiro atoms. The zero-order valence-corrected chi connectivity index (χ0v) is 14.3. The van der Waals surface area contributed by atoms with Crippen LogP contribution in [0.2, 0.25) is 0 Å². The van der Waals surface area contributed by atoms with Gasteiger partial charge < -0.3 is 10.2 Å². The first-order chi connectivity index (χ1) is 8.89. The van der Waals surface area contributed by atoms with Crippen LogP contribution in [0.25, 0.3) is 0 Å². The molecule has 4 unspecified atom stereocenters. The van der Waals surface area contributed by atoms with Gasteiger partial charge in [-0.15, -0.1) is 0 Å². The maximum atomic E-state index is 11.0. The molecular formula is C18H34O2. The second-order valence-corrected chi connectivity index (χ2v) is 9.37. The summed E-state index contributed by atoms with van der Waals surface area (Å²) in [5.41, 5.74) is -0.829. The minimum Gasteiger partial charge on any atom is -0.390 e. The Morgan fingerprint density at radius 1 is 1.05 bits per heavy atom. The molecule has 0 saturated heterocycles. The smallest absolute Gasteiger partial charge is 0.0654 e. The van der Waals surface area contributed by atoms with Gasteiger partial charge in [0.05, 0.1) is 11.2 Å². The lowest BCUT2D eigenvalue weighted by Gasteiger charge is -2.62. The average Bonchev–Trinajstić information content (AvgIpc) is 2.21. The molecule has 0 aromatic heterocycles. The van der Waals surface area contributed by atoms with E-state index in [-0.39, 0.29) is 11.3 Å². The Bertz CT molecular complexity index is 364. The Balaban J connectivity index is 2.38. The van der Waals surface area contributed by atoms with Gasteiger partial charge in [0.2, 0.25) is 0 Å². The summed E-state index contributed by atoms with van der Waals surface area (Å²) in [6.45, 7) is 12.9. The molecule has 0 radical (unpaired) electrons. The summed E-state index contributed by atoms with van der Waals surface area (Å²) in [6.07, 6.45) is 6.43. The van der Waals surface area contributed by atoms with E-state index < -0.39 is 11.2 Å². The molecule has 2 nitrogen and oxygen atoms in total. The normalized spacial score (nSPS) is 45.0. The van der Waals surface area contributed by atoms with Crippen LogP contribution in [0.5, 0.6) is 0 Å². The summed E-state index contributed by atoms with van der Waals surface area (Å²) < 4.78 is 0. The van der Waals surface area contributed by atoms with Crippen molar-refractivity contribution in [3.8, 4) is 0 Å². The van der Waals surface area contributed by atoms with Gasteiger partial charge >= 0.3 is 0 Å². The minimum absolute atomic E-state index is 0.156. The molecule has 4 atom stereocenters. The van der Waals surface area contributed by atoms with E-state index in [1.807, 2.05) is 20.8 Å². The van der Waals surface area contributed by atoms with Crippen LogP contribution in [0, 0.1) is 22.7 Å². The molecule has 0 bridgehead atoms. The molecule has 2 aliphatic rings. The van der Waals surface area contributed by atoms with Crippen LogP contribution < -0.4 is 0 Å². The number of fused-ring (bicyclic) bond motifs is 1. The summed E-state index contributed by atoms with van der Waals surface area (Å²) in [7, 11) is 0. The third kappa shape index (κ3) is 2.78. The van der Waals surface area contributed by atoms with Gasteiger partial charge in [0.15, 0.2) is 0 Å². The topological polar surface area (TPSA) is 40.5 Å². The predicted octanol–water partition coefficient (Wildman–Crippen LogP) is 4.14. The Hall–Kier alpha value is -0.0800. The van der Waals surface area contributed by atoms with Crippen molar-refractivity contribution in [3.63, 3.8) is 0 Å². The Labute approximate surface area is 125 Å². The van der Waals surface area contributed by atoms with E-state index in [9.17, 15) is 10.2 Å². The molecule has 0 amide bonds. The number of hydrogen-bond acceptors (Lipinski definition) is 2. The van der Waals surface area contributed by atoms with Gasteiger partial charge in [0.25, 0.3) is 0 Å². The Morgan fingerprint density at radius 3 is 2.20 bits per heavy atom. The molecule has 0 aromatic carbocycles. The molecule has 0 aromatic rings. The standard InChI is InChI=1S/C18H34O2/c1-15(2)9-7-10-17(5)13(15)8-11-18(6,20)14(17)12-16(3,4)19/h13-14,19-20H,7-12H2,1-6H3. The van der Waals surface area contributed by atoms with E-state index in [4.69, 9.17) is 0 Å². The first kappa shape index (κ1) is 16.3. The highest BCUT2D eigenvalue weighted by molar-refractivity contribution is 5.08. The largest absolute Gasteiger partial charge is 0.390 e. The average molecular weight is 282 g/mol. The summed E-state index contributed by atoms with van der Waals surface area (Å²) in [4.78, 5) is 0. The van der Waals surface area contributed by atoms with E-state index >= 15 is 0 Å². The zero-order valence-electron chi connectivity index (χ0n) is 14.3. The molecule has 0 heterocycles. The molecule has 118 valence electrons. The van der Waals surface area contributed by atoms with Crippen LogP contribution in [0.4, 0.5) is 0 Å². The van der Waals surface area contributed by atoms with Crippen molar-refractivity contribution in [2.45, 2.75) is 91.3 Å². The highest BCUT2D eigenvalue weighted by atomic mass is 16.3. The monoisotopic (exact) mass is 282 g/mol. The zero-order chi connectivity index (χ0) is 15.4. The maximum Gasteiger partial charge on any atom is 0.0654 e. The van der Waals surface area contributed by atoms with Crippen molar-refractivity contribution < 1.29 is 10.2 Å². The van der Waals surface area contributed by atoms with Crippen LogP contribution in [-0.4, -0.2) is 21.4 Å². The minimum atomic E-state index is -0.707. The second kappa shape index (κ2) is 4.71. The van der Waals surface area contributed by atoms with Crippen LogP contribution in [0.3, 0.4) is 0 Å². The second-order valence-electron chi connectivity index (χ2n) is 9.37. The summed E-state index contributed by atoms with van der Waals surface area (Å²) in [5, 5.41) is 21.3. The van der Waals surface area contributed by atoms with Gasteiger partial charge in [-0.2, -0.15) is 0 Å². The Morgan fingerprint density at radius 2 is 1.65 bits per heavy atom. The van der Waals surface area contributed by atoms with E-state index in [0.29, 0.717) is 17.8 Å². The quantitative estimate of drug-likeness (QED) is 0.799. The van der Waals surface area contributed by atoms with Crippen molar-refractivity contribution >= 4 is 0 Å². The predicted molar refractivity (Wildman–Crippen MR) is 83.5 cm³/mol. The lowest BCUT2D eigenvalue weighted by atomic mass is 9.44. The molecule has 0 aliphatic heterocycles. The van der Waals surface area contributed by atoms with Crippen LogP contribution in [-0.2, 0) is 0 Å². The van der Waals surface area contributed by atoms with Crippen molar-refractivity contribution in [2.24, 2.45) is 22.7 Å². The molecule has 2 fully saturated rings. The summed E-state index contributed by atoms with van der Waals surface area (Å²) in [5.74, 6) is 0.852. The summed E-state index contributed by atoms with van der Waals surface area (Å²) in [6, 6.07) is 0. The molecule has 2 heteroatoms. The van der Waals surface area contributed by atoms with E-state index in [0.717, 1.165) is 12.8 Å². The molecule has 2 saturated carbocycles. The fraction of sp³-hybridized carbons (Fsp3) is 1.00. The highest BCUT2D eigenvalue weighted by Gasteiger charge is 2.58. The van der Waals surface area contributed by atoms with E-state index in [1.54, 1.807) is 0 Å². The third-order valence-corrected chi connectivity index (χ3v) is 6.47. The summed E-state index contributed by atoms with van der Waals surface area (Å²) >= 11 is 0. The van der Waals surface area contributed by atoms with Gasteiger partial charge in [-0.05, 0) is 75.5 Å². The van der Waals surface area contributed by atoms with E-state index in [2.05, 4.69) is 20.8 Å². The molecule has 2 aliphatic carbocycles. The van der Waals surface area contributed by atoms with E-state index in [1.165, 1.54) is 19.3 Å². The van der Waals surface area contributed by atoms with Crippen LogP contribution >= 0.6 is 0 Å². The van der Waals surface area contributed by atoms with Gasteiger partial charge in [-0.3, -0.25) is 0 Å². The first-order valence-electron chi connectivity index (χ1n) is 8.33. The molecular weight excluding hydrogens is 248 g/mol. The number of aliphatic hydroxyl groups is 2. The lowest BCUT2D eigenvalue weighted by Crippen LogP contribution is -2.58. The van der Waals surface area contributed by atoms with Crippen molar-refractivity contribution in [1.82, 2.24) is 0 Å². The van der Waals surface area contributed by atoms with Gasteiger partial charge in [-0.25, -0.2) is 0 Å². The molecule has 2 N–H and O–H groups in total. The first-order valence-corrected chi connectivity index (χ1v) is 8.33. The van der Waals surface area contributed by atoms with Crippen LogP contribution in [0.15, 0.2) is 0 Å². The third-order valence-electron chi connectivity index (χ3n) is 6.47. The van der Waals surface area contributed by atoms with Crippen molar-refractivity contribution in [2.75, 3.05) is 0 Å². The van der Waals surface area contributed by atoms with Gasteiger partial charge in [0, 0.05) is 0 Å². The SMILES string of the molecule is CC(C)(O)CC1C(C)(O)CCC2C(C)(C)CCCC21C. The van der Waals surface area contributed by atoms with Crippen LogP contribution in [0.1, 0.15) is 80.1 Å². The maximum absolute atomic E-state index is 11.0.